The van der Waals surface area contributed by atoms with Crippen LogP contribution in [-0.2, 0) is 6.54 Å². The Hall–Kier alpha value is -2.53. The molecule has 0 aliphatic carbocycles. The second kappa shape index (κ2) is 5.83. The smallest absolute Gasteiger partial charge is 0.162 e. The van der Waals surface area contributed by atoms with Crippen LogP contribution in [0.1, 0.15) is 30.9 Å². The van der Waals surface area contributed by atoms with E-state index in [0.717, 1.165) is 22.5 Å². The van der Waals surface area contributed by atoms with Gasteiger partial charge < -0.3 is 10.3 Å². The van der Waals surface area contributed by atoms with Gasteiger partial charge in [0.1, 0.15) is 11.0 Å². The van der Waals surface area contributed by atoms with Gasteiger partial charge in [0.2, 0.25) is 0 Å². The van der Waals surface area contributed by atoms with Crippen molar-refractivity contribution in [2.24, 2.45) is 0 Å². The molecule has 3 heterocycles. The summed E-state index contributed by atoms with van der Waals surface area (Å²) < 4.78 is 1.81. The molecule has 6 heteroatoms. The zero-order valence-electron chi connectivity index (χ0n) is 13.5. The summed E-state index contributed by atoms with van der Waals surface area (Å²) in [4.78, 5) is 7.66. The molecule has 0 radical (unpaired) electrons. The van der Waals surface area contributed by atoms with Crippen LogP contribution in [0.3, 0.4) is 0 Å². The van der Waals surface area contributed by atoms with Crippen LogP contribution in [0, 0.1) is 0 Å². The molecule has 2 N–H and O–H groups in total. The van der Waals surface area contributed by atoms with Crippen LogP contribution in [0.25, 0.3) is 16.6 Å². The van der Waals surface area contributed by atoms with E-state index in [9.17, 15) is 0 Å². The van der Waals surface area contributed by atoms with E-state index >= 15 is 0 Å². The van der Waals surface area contributed by atoms with Gasteiger partial charge in [0.25, 0.3) is 0 Å². The third kappa shape index (κ3) is 2.61. The van der Waals surface area contributed by atoms with Crippen molar-refractivity contribution in [3.8, 4) is 0 Å². The lowest BCUT2D eigenvalue weighted by Gasteiger charge is -2.10. The monoisotopic (exact) mass is 339 g/mol. The molecule has 0 fully saturated rings. The van der Waals surface area contributed by atoms with Crippen molar-refractivity contribution in [2.75, 3.05) is 5.32 Å². The van der Waals surface area contributed by atoms with Crippen molar-refractivity contribution in [3.63, 3.8) is 0 Å². The fourth-order valence-electron chi connectivity index (χ4n) is 2.88. The Kier molecular flexibility index (Phi) is 3.65. The maximum Gasteiger partial charge on any atom is 0.162 e. The average Bonchev–Trinajstić information content (AvgIpc) is 3.18. The van der Waals surface area contributed by atoms with Gasteiger partial charge in [-0.1, -0.05) is 37.6 Å². The van der Waals surface area contributed by atoms with Crippen molar-refractivity contribution in [1.29, 1.82) is 0 Å². The molecule has 0 spiro atoms. The number of H-pyrrole nitrogens is 1. The third-order valence-electron chi connectivity index (χ3n) is 4.18. The van der Waals surface area contributed by atoms with Crippen LogP contribution in [0.2, 0.25) is 5.15 Å². The molecule has 5 nitrogen and oxygen atoms in total. The lowest BCUT2D eigenvalue weighted by Crippen LogP contribution is -2.06. The first-order valence-electron chi connectivity index (χ1n) is 7.96. The number of rotatable bonds is 4. The molecule has 24 heavy (non-hydrogen) atoms. The van der Waals surface area contributed by atoms with Crippen molar-refractivity contribution in [1.82, 2.24) is 19.6 Å². The van der Waals surface area contributed by atoms with Gasteiger partial charge in [-0.25, -0.2) is 4.98 Å². The topological polar surface area (TPSA) is 58.0 Å². The zero-order valence-corrected chi connectivity index (χ0v) is 14.3. The summed E-state index contributed by atoms with van der Waals surface area (Å²) in [6.45, 7) is 4.93. The molecule has 0 bridgehead atoms. The van der Waals surface area contributed by atoms with Crippen molar-refractivity contribution in [3.05, 3.63) is 59.0 Å². The summed E-state index contributed by atoms with van der Waals surface area (Å²) in [5.41, 5.74) is 4.21. The van der Waals surface area contributed by atoms with Gasteiger partial charge in [0, 0.05) is 29.9 Å². The van der Waals surface area contributed by atoms with E-state index in [2.05, 4.69) is 58.5 Å². The van der Waals surface area contributed by atoms with Gasteiger partial charge >= 0.3 is 0 Å². The summed E-state index contributed by atoms with van der Waals surface area (Å²) in [6.07, 6.45) is 3.81. The van der Waals surface area contributed by atoms with Gasteiger partial charge in [-0.2, -0.15) is 9.61 Å². The van der Waals surface area contributed by atoms with Gasteiger partial charge in [0.15, 0.2) is 5.65 Å². The second-order valence-corrected chi connectivity index (χ2v) is 6.59. The molecule has 122 valence electrons. The van der Waals surface area contributed by atoms with Crippen LogP contribution in [0.4, 0.5) is 5.82 Å². The van der Waals surface area contributed by atoms with E-state index < -0.39 is 0 Å². The first-order valence-corrected chi connectivity index (χ1v) is 8.33. The maximum atomic E-state index is 6.21. The molecular weight excluding hydrogens is 322 g/mol. The second-order valence-electron chi connectivity index (χ2n) is 6.21. The molecular formula is C18H18ClN5. The molecule has 3 aromatic heterocycles. The first-order chi connectivity index (χ1) is 11.6. The first kappa shape index (κ1) is 15.0. The standard InChI is InChI=1S/C18H18ClN5/c1-11(2)14-10-22-24-17(8-16(19)23-18(14)24)21-9-12-3-4-13-5-6-20-15(13)7-12/h3-8,10-11,20-21H,9H2,1-2H3. The lowest BCUT2D eigenvalue weighted by atomic mass is 10.1. The van der Waals surface area contributed by atoms with E-state index in [4.69, 9.17) is 11.6 Å². The average molecular weight is 340 g/mol. The highest BCUT2D eigenvalue weighted by Gasteiger charge is 2.13. The molecule has 0 saturated heterocycles. The Balaban J connectivity index is 1.66. The molecule has 1 aromatic carbocycles. The van der Waals surface area contributed by atoms with Gasteiger partial charge in [-0.15, -0.1) is 0 Å². The number of benzene rings is 1. The fraction of sp³-hybridized carbons (Fsp3) is 0.222. The number of hydrogen-bond donors (Lipinski definition) is 2. The molecule has 0 saturated carbocycles. The fourth-order valence-corrected chi connectivity index (χ4v) is 3.06. The molecule has 4 aromatic rings. The minimum Gasteiger partial charge on any atom is -0.366 e. The molecule has 0 amide bonds. The molecule has 0 atom stereocenters. The number of nitrogens with one attached hydrogen (secondary N) is 2. The van der Waals surface area contributed by atoms with Gasteiger partial charge in [-0.05, 0) is 29.0 Å². The Labute approximate surface area is 144 Å². The number of anilines is 1. The van der Waals surface area contributed by atoms with Crippen LogP contribution in [-0.4, -0.2) is 19.6 Å². The summed E-state index contributed by atoms with van der Waals surface area (Å²) in [5.74, 6) is 1.18. The number of halogens is 1. The predicted molar refractivity (Wildman–Crippen MR) is 97.7 cm³/mol. The number of aromatic nitrogens is 4. The zero-order chi connectivity index (χ0) is 16.7. The normalized spacial score (nSPS) is 11.7. The molecule has 4 rings (SSSR count). The number of fused-ring (bicyclic) bond motifs is 2. The lowest BCUT2D eigenvalue weighted by molar-refractivity contribution is 0.871. The van der Waals surface area contributed by atoms with E-state index in [1.807, 2.05) is 16.9 Å². The van der Waals surface area contributed by atoms with E-state index in [1.165, 1.54) is 10.9 Å². The van der Waals surface area contributed by atoms with Crippen LogP contribution in [0.5, 0.6) is 0 Å². The van der Waals surface area contributed by atoms with Crippen LogP contribution < -0.4 is 5.32 Å². The minimum atomic E-state index is 0.344. The Morgan fingerprint density at radius 3 is 2.96 bits per heavy atom. The van der Waals surface area contributed by atoms with E-state index in [0.29, 0.717) is 17.6 Å². The van der Waals surface area contributed by atoms with Crippen molar-refractivity contribution >= 4 is 34.0 Å². The summed E-state index contributed by atoms with van der Waals surface area (Å²) in [5, 5.41) is 9.55. The highest BCUT2D eigenvalue weighted by atomic mass is 35.5. The molecule has 0 aliphatic rings. The van der Waals surface area contributed by atoms with Gasteiger partial charge in [-0.3, -0.25) is 0 Å². The Morgan fingerprint density at radius 1 is 1.25 bits per heavy atom. The van der Waals surface area contributed by atoms with E-state index in [1.54, 1.807) is 6.07 Å². The van der Waals surface area contributed by atoms with Crippen molar-refractivity contribution < 1.29 is 0 Å². The SMILES string of the molecule is CC(C)c1cnn2c(NCc3ccc4cc[nH]c4c3)cc(Cl)nc12. The highest BCUT2D eigenvalue weighted by Crippen LogP contribution is 2.24. The van der Waals surface area contributed by atoms with Crippen molar-refractivity contribution in [2.45, 2.75) is 26.3 Å². The van der Waals surface area contributed by atoms with Crippen LogP contribution >= 0.6 is 11.6 Å². The largest absolute Gasteiger partial charge is 0.366 e. The highest BCUT2D eigenvalue weighted by molar-refractivity contribution is 6.29. The van der Waals surface area contributed by atoms with Crippen LogP contribution in [0.15, 0.2) is 42.7 Å². The minimum absolute atomic E-state index is 0.344. The third-order valence-corrected chi connectivity index (χ3v) is 4.38. The number of hydrogen-bond acceptors (Lipinski definition) is 3. The Morgan fingerprint density at radius 2 is 2.12 bits per heavy atom. The summed E-state index contributed by atoms with van der Waals surface area (Å²) in [6, 6.07) is 10.2. The Bertz CT molecular complexity index is 1010. The maximum absolute atomic E-state index is 6.21. The predicted octanol–water partition coefficient (Wildman–Crippen LogP) is 4.60. The quantitative estimate of drug-likeness (QED) is 0.534. The van der Waals surface area contributed by atoms with Gasteiger partial charge in [0.05, 0.1) is 6.20 Å². The molecule has 0 aliphatic heterocycles. The summed E-state index contributed by atoms with van der Waals surface area (Å²) >= 11 is 6.21. The summed E-state index contributed by atoms with van der Waals surface area (Å²) in [7, 11) is 0. The van der Waals surface area contributed by atoms with E-state index in [-0.39, 0.29) is 0 Å². The number of aromatic amines is 1. The molecule has 0 unspecified atom stereocenters. The number of nitrogens with zero attached hydrogens (tertiary/aromatic N) is 3.